The Bertz CT molecular complexity index is 2550. The molecular formula is C73H126O19. The van der Waals surface area contributed by atoms with Crippen molar-refractivity contribution in [2.24, 2.45) is 108 Å². The first-order valence-corrected chi connectivity index (χ1v) is 33.7. The second-order valence-electron chi connectivity index (χ2n) is 36.9. The highest BCUT2D eigenvalue weighted by molar-refractivity contribution is 5.82. The summed E-state index contributed by atoms with van der Waals surface area (Å²) in [5.41, 5.74) is -3.36. The first kappa shape index (κ1) is 81.9. The van der Waals surface area contributed by atoms with E-state index in [2.05, 4.69) is 125 Å². The number of esters is 8. The van der Waals surface area contributed by atoms with Crippen LogP contribution in [0.5, 0.6) is 0 Å². The Morgan fingerprint density at radius 1 is 0.435 bits per heavy atom. The van der Waals surface area contributed by atoms with E-state index in [4.69, 9.17) is 37.9 Å². The number of carbonyl (C=O) groups excluding carboxylic acids is 8. The quantitative estimate of drug-likeness (QED) is 0.150. The van der Waals surface area contributed by atoms with Crippen molar-refractivity contribution in [2.75, 3.05) is 52.9 Å². The van der Waals surface area contributed by atoms with Gasteiger partial charge in [0.2, 0.25) is 0 Å². The van der Waals surface area contributed by atoms with Gasteiger partial charge in [-0.05, 0) is 74.9 Å². The molecule has 2 aliphatic carbocycles. The SMILES string of the molecule is CC(C)(C)C1(O)CCOC(=O)C1.CC(C)(C)C1(O)CCOC1=O.CC(C)(C)C1(O)COC(=O)C1.CC(C)(C)C1C(=O)OCC1(C)C.CC(C)(C)C1CC2CC1C1COC(=O)C21.CC(C)(C)C1CCOC1=O.CC(C)(C)C1COC(=O)C1.CC1COC(=O)C1C(C)(C)C. The summed E-state index contributed by atoms with van der Waals surface area (Å²) in [5.74, 6) is 2.95. The number of rotatable bonds is 0. The van der Waals surface area contributed by atoms with Crippen LogP contribution < -0.4 is 0 Å². The Morgan fingerprint density at radius 3 is 1.25 bits per heavy atom. The van der Waals surface area contributed by atoms with E-state index in [1.807, 2.05) is 62.3 Å². The van der Waals surface area contributed by atoms with Crippen molar-refractivity contribution in [3.05, 3.63) is 0 Å². The third-order valence-corrected chi connectivity index (χ3v) is 20.9. The van der Waals surface area contributed by atoms with Gasteiger partial charge in [-0.3, -0.25) is 33.6 Å². The molecule has 532 valence electrons. The zero-order chi connectivity index (χ0) is 71.4. The fraction of sp³-hybridized carbons (Fsp3) is 0.890. The Morgan fingerprint density at radius 2 is 0.967 bits per heavy atom. The molecule has 0 amide bonds. The molecule has 92 heavy (non-hydrogen) atoms. The molecule has 2 saturated carbocycles. The molecule has 10 aliphatic rings. The average molecular weight is 1310 g/mol. The highest BCUT2D eigenvalue weighted by atomic mass is 16.6. The lowest BCUT2D eigenvalue weighted by molar-refractivity contribution is -0.171. The van der Waals surface area contributed by atoms with Gasteiger partial charge in [0.15, 0.2) is 5.60 Å². The van der Waals surface area contributed by atoms with E-state index in [1.165, 1.54) is 12.8 Å². The average Bonchev–Trinajstić information content (AvgIpc) is 1.57. The van der Waals surface area contributed by atoms with Gasteiger partial charge in [0.25, 0.3) is 0 Å². The zero-order valence-corrected chi connectivity index (χ0v) is 62.0. The van der Waals surface area contributed by atoms with Gasteiger partial charge < -0.3 is 53.2 Å². The van der Waals surface area contributed by atoms with Gasteiger partial charge >= 0.3 is 47.8 Å². The maximum absolute atomic E-state index is 11.6. The molecule has 10 fully saturated rings. The maximum atomic E-state index is 11.6. The van der Waals surface area contributed by atoms with E-state index in [9.17, 15) is 53.7 Å². The molecule has 13 unspecified atom stereocenters. The summed E-state index contributed by atoms with van der Waals surface area (Å²) >= 11 is 0. The zero-order valence-electron chi connectivity index (χ0n) is 62.0. The topological polar surface area (TPSA) is 271 Å². The largest absolute Gasteiger partial charge is 0.465 e. The normalized spacial score (nSPS) is 33.1. The number of cyclic esters (lactones) is 8. The number of aliphatic hydroxyl groups is 3. The molecule has 0 aromatic heterocycles. The number of carbonyl (C=O) groups is 8. The summed E-state index contributed by atoms with van der Waals surface area (Å²) in [4.78, 5) is 88.6. The Labute approximate surface area is 553 Å². The van der Waals surface area contributed by atoms with Crippen LogP contribution in [0.2, 0.25) is 0 Å². The van der Waals surface area contributed by atoms with Crippen molar-refractivity contribution in [2.45, 2.75) is 255 Å². The van der Waals surface area contributed by atoms with E-state index in [-0.39, 0.29) is 123 Å². The van der Waals surface area contributed by atoms with Crippen LogP contribution in [0.15, 0.2) is 0 Å². The predicted octanol–water partition coefficient (Wildman–Crippen LogP) is 12.3. The molecule has 8 aliphatic heterocycles. The van der Waals surface area contributed by atoms with Gasteiger partial charge in [-0.25, -0.2) is 4.79 Å². The molecule has 0 aromatic rings. The Kier molecular flexibility index (Phi) is 26.7. The number of hydrogen-bond donors (Lipinski definition) is 3. The summed E-state index contributed by atoms with van der Waals surface area (Å²) in [6, 6.07) is 0. The van der Waals surface area contributed by atoms with Gasteiger partial charge in [0, 0.05) is 41.4 Å². The molecule has 8 saturated heterocycles. The molecule has 8 heterocycles. The van der Waals surface area contributed by atoms with Gasteiger partial charge in [-0.1, -0.05) is 187 Å². The molecule has 0 aromatic carbocycles. The molecule has 19 heteroatoms. The van der Waals surface area contributed by atoms with Crippen LogP contribution in [0.3, 0.4) is 0 Å². The molecule has 19 nitrogen and oxygen atoms in total. The van der Waals surface area contributed by atoms with E-state index in [0.29, 0.717) is 94.6 Å². The monoisotopic (exact) mass is 1310 g/mol. The smallest absolute Gasteiger partial charge is 0.338 e. The highest BCUT2D eigenvalue weighted by Gasteiger charge is 2.61. The van der Waals surface area contributed by atoms with Gasteiger partial charge in [-0.2, -0.15) is 0 Å². The van der Waals surface area contributed by atoms with E-state index in [0.717, 1.165) is 18.3 Å². The molecular weight excluding hydrogens is 1180 g/mol. The fourth-order valence-electron chi connectivity index (χ4n) is 14.4. The summed E-state index contributed by atoms with van der Waals surface area (Å²) in [6.45, 7) is 59.3. The van der Waals surface area contributed by atoms with Crippen molar-refractivity contribution in [3.8, 4) is 0 Å². The molecule has 3 N–H and O–H groups in total. The molecule has 10 rings (SSSR count). The standard InChI is InChI=1S/C13H20O2.C10H18O2.C9H16O3.C9H16O2.2C8H14O3.2C8H14O2/c1-13(2,3)10-5-7-4-8(10)9-6-15-12(14)11(7)9;1-9(2,3)7-8(11)12-6-10(7,4)5;1-8(2,3)9(11)4-5-12-7(10)6-9;1-6-5-11-8(10)7(6)9(2,3)4;1-7(2,3)8(10)4-6(9)11-5-8;1-7(2,3)8(10)4-5-11-6(8)9;1-8(2,3)6-4-7(9)10-5-6;1-8(2,3)6-4-5-10-7(6)9/h7-11H,4-6H2,1-3H3;7H,6H2,1-5H3;11H,4-6H2,1-3H3;6-7H,5H2,1-4H3;2*10H,4-5H2,1-3H3;2*6H,4-5H2,1-3H3. The van der Waals surface area contributed by atoms with Gasteiger partial charge in [-0.15, -0.1) is 0 Å². The summed E-state index contributed by atoms with van der Waals surface area (Å²) in [6.07, 6.45) is 5.23. The summed E-state index contributed by atoms with van der Waals surface area (Å²) < 4.78 is 39.1. The van der Waals surface area contributed by atoms with Crippen molar-refractivity contribution in [1.82, 2.24) is 0 Å². The van der Waals surface area contributed by atoms with Crippen molar-refractivity contribution in [1.29, 1.82) is 0 Å². The molecule has 0 spiro atoms. The first-order valence-electron chi connectivity index (χ1n) is 33.7. The lowest BCUT2D eigenvalue weighted by atomic mass is 9.66. The van der Waals surface area contributed by atoms with Crippen LogP contribution in [-0.2, 0) is 76.3 Å². The van der Waals surface area contributed by atoms with Crippen LogP contribution in [0.1, 0.15) is 238 Å². The number of fused-ring (bicyclic) bond motifs is 5. The van der Waals surface area contributed by atoms with Gasteiger partial charge in [0.05, 0.1) is 94.8 Å². The molecule has 13 atom stereocenters. The van der Waals surface area contributed by atoms with Crippen molar-refractivity contribution >= 4 is 47.8 Å². The highest BCUT2D eigenvalue weighted by Crippen LogP contribution is 2.61. The maximum Gasteiger partial charge on any atom is 0.338 e. The number of ether oxygens (including phenoxy) is 8. The molecule has 0 radical (unpaired) electrons. The lowest BCUT2D eigenvalue weighted by Gasteiger charge is -2.41. The summed E-state index contributed by atoms with van der Waals surface area (Å²) in [7, 11) is 0. The van der Waals surface area contributed by atoms with E-state index in [1.54, 1.807) is 0 Å². The van der Waals surface area contributed by atoms with Crippen LogP contribution in [0.4, 0.5) is 0 Å². The molecule has 2 bridgehead atoms. The number of hydrogen-bond acceptors (Lipinski definition) is 19. The lowest BCUT2D eigenvalue weighted by Crippen LogP contribution is -2.48. The fourth-order valence-corrected chi connectivity index (χ4v) is 14.4. The van der Waals surface area contributed by atoms with Crippen molar-refractivity contribution in [3.63, 3.8) is 0 Å². The Hall–Kier alpha value is -4.36. The van der Waals surface area contributed by atoms with Crippen LogP contribution >= 0.6 is 0 Å². The second-order valence-corrected chi connectivity index (χ2v) is 36.9. The van der Waals surface area contributed by atoms with Crippen LogP contribution in [0.25, 0.3) is 0 Å². The Balaban J connectivity index is 0.000000275. The summed E-state index contributed by atoms with van der Waals surface area (Å²) in [5, 5.41) is 29.8. The third-order valence-electron chi connectivity index (χ3n) is 20.9. The minimum Gasteiger partial charge on any atom is -0.465 e. The first-order chi connectivity index (χ1) is 41.3. The third kappa shape index (κ3) is 21.3. The van der Waals surface area contributed by atoms with E-state index >= 15 is 0 Å². The second kappa shape index (κ2) is 30.0. The predicted molar refractivity (Wildman–Crippen MR) is 349 cm³/mol. The van der Waals surface area contributed by atoms with Crippen LogP contribution in [-0.4, -0.2) is 133 Å². The minimum absolute atomic E-state index is 0.00463. The van der Waals surface area contributed by atoms with Crippen LogP contribution in [0, 0.1) is 108 Å². The van der Waals surface area contributed by atoms with E-state index < -0.39 is 28.2 Å². The van der Waals surface area contributed by atoms with Crippen molar-refractivity contribution < 1.29 is 91.6 Å². The minimum atomic E-state index is -1.27. The van der Waals surface area contributed by atoms with Gasteiger partial charge in [0.1, 0.15) is 12.2 Å².